The van der Waals surface area contributed by atoms with Gasteiger partial charge in [-0.25, -0.2) is 0 Å². The minimum absolute atomic E-state index is 0.0268. The molecule has 0 saturated heterocycles. The first-order chi connectivity index (χ1) is 14.2. The van der Waals surface area contributed by atoms with Crippen LogP contribution in [0.2, 0.25) is 0 Å². The standard InChI is InChI=1S/C20H17F3N2O5/c1-28-17(16-10-12-4-2-3-5-15(12)29-16)11-24-18(26)19(27)25-13-6-8-14(9-7-13)30-20(21,22)23/h2-10,17H,11H2,1H3,(H,24,26)(H,25,27)/t17-/m1/s1. The van der Waals surface area contributed by atoms with Crippen molar-refractivity contribution < 1.29 is 36.7 Å². The molecule has 7 nitrogen and oxygen atoms in total. The molecule has 1 aromatic heterocycles. The van der Waals surface area contributed by atoms with Crippen LogP contribution in [0.5, 0.6) is 5.75 Å². The van der Waals surface area contributed by atoms with Crippen LogP contribution in [0, 0.1) is 0 Å². The highest BCUT2D eigenvalue weighted by Crippen LogP contribution is 2.26. The maximum Gasteiger partial charge on any atom is 0.573 e. The summed E-state index contributed by atoms with van der Waals surface area (Å²) in [6, 6.07) is 13.5. The van der Waals surface area contributed by atoms with Gasteiger partial charge in [0, 0.05) is 18.2 Å². The van der Waals surface area contributed by atoms with Crippen molar-refractivity contribution in [3.63, 3.8) is 0 Å². The Kier molecular flexibility index (Phi) is 6.26. The van der Waals surface area contributed by atoms with Crippen LogP contribution in [0.3, 0.4) is 0 Å². The van der Waals surface area contributed by atoms with Crippen LogP contribution in [-0.4, -0.2) is 31.8 Å². The number of alkyl halides is 3. The zero-order valence-corrected chi connectivity index (χ0v) is 15.7. The van der Waals surface area contributed by atoms with E-state index in [0.29, 0.717) is 11.3 Å². The van der Waals surface area contributed by atoms with Gasteiger partial charge in [0.05, 0.1) is 6.54 Å². The van der Waals surface area contributed by atoms with Crippen LogP contribution in [0.25, 0.3) is 11.0 Å². The molecule has 1 heterocycles. The summed E-state index contributed by atoms with van der Waals surface area (Å²) in [4.78, 5) is 24.0. The SMILES string of the molecule is CO[C@H](CNC(=O)C(=O)Nc1ccc(OC(F)(F)F)cc1)c1cc2ccccc2o1. The van der Waals surface area contributed by atoms with Crippen LogP contribution < -0.4 is 15.4 Å². The van der Waals surface area contributed by atoms with Crippen molar-refractivity contribution in [2.45, 2.75) is 12.5 Å². The summed E-state index contributed by atoms with van der Waals surface area (Å²) in [6.45, 7) is -0.0268. The lowest BCUT2D eigenvalue weighted by Gasteiger charge is -2.14. The fourth-order valence-electron chi connectivity index (χ4n) is 2.65. The summed E-state index contributed by atoms with van der Waals surface area (Å²) < 4.78 is 51.2. The second-order valence-corrected chi connectivity index (χ2v) is 6.15. The number of para-hydroxylation sites is 1. The molecule has 0 aliphatic carbocycles. The molecule has 3 rings (SSSR count). The zero-order valence-electron chi connectivity index (χ0n) is 15.7. The van der Waals surface area contributed by atoms with Gasteiger partial charge in [0.2, 0.25) is 0 Å². The molecule has 158 valence electrons. The third-order valence-electron chi connectivity index (χ3n) is 4.05. The maximum absolute atomic E-state index is 12.2. The second kappa shape index (κ2) is 8.87. The molecule has 0 aliphatic heterocycles. The van der Waals surface area contributed by atoms with E-state index in [1.807, 2.05) is 18.2 Å². The van der Waals surface area contributed by atoms with Crippen molar-refractivity contribution in [1.29, 1.82) is 0 Å². The van der Waals surface area contributed by atoms with Gasteiger partial charge in [-0.1, -0.05) is 18.2 Å². The molecule has 0 saturated carbocycles. The lowest BCUT2D eigenvalue weighted by atomic mass is 10.2. The van der Waals surface area contributed by atoms with Crippen molar-refractivity contribution in [3.8, 4) is 5.75 Å². The van der Waals surface area contributed by atoms with Crippen LogP contribution in [0.15, 0.2) is 59.0 Å². The maximum atomic E-state index is 12.2. The number of rotatable bonds is 6. The van der Waals surface area contributed by atoms with Crippen molar-refractivity contribution >= 4 is 28.5 Å². The largest absolute Gasteiger partial charge is 0.573 e. The fourth-order valence-corrected chi connectivity index (χ4v) is 2.65. The summed E-state index contributed by atoms with van der Waals surface area (Å²) in [5, 5.41) is 5.58. The molecule has 0 aliphatic rings. The molecule has 30 heavy (non-hydrogen) atoms. The summed E-state index contributed by atoms with van der Waals surface area (Å²) in [5.74, 6) is -1.89. The first kappa shape index (κ1) is 21.2. The van der Waals surface area contributed by atoms with Gasteiger partial charge in [-0.15, -0.1) is 13.2 Å². The van der Waals surface area contributed by atoms with Gasteiger partial charge in [0.15, 0.2) is 0 Å². The van der Waals surface area contributed by atoms with E-state index < -0.39 is 30.0 Å². The van der Waals surface area contributed by atoms with Gasteiger partial charge < -0.3 is 24.5 Å². The van der Waals surface area contributed by atoms with Crippen LogP contribution >= 0.6 is 0 Å². The van der Waals surface area contributed by atoms with E-state index in [-0.39, 0.29) is 12.2 Å². The monoisotopic (exact) mass is 422 g/mol. The van der Waals surface area contributed by atoms with Crippen LogP contribution in [0.4, 0.5) is 18.9 Å². The fraction of sp³-hybridized carbons (Fsp3) is 0.200. The van der Waals surface area contributed by atoms with Gasteiger partial charge in [-0.05, 0) is 36.4 Å². The molecular formula is C20H17F3N2O5. The number of benzene rings is 2. The summed E-state index contributed by atoms with van der Waals surface area (Å²) in [7, 11) is 1.44. The minimum Gasteiger partial charge on any atom is -0.458 e. The highest BCUT2D eigenvalue weighted by atomic mass is 19.4. The normalized spacial score (nSPS) is 12.4. The number of amides is 2. The molecule has 2 amide bonds. The number of hydrogen-bond acceptors (Lipinski definition) is 5. The molecular weight excluding hydrogens is 405 g/mol. The average Bonchev–Trinajstić information content (AvgIpc) is 3.12. The summed E-state index contributed by atoms with van der Waals surface area (Å²) in [6.07, 6.45) is -5.43. The molecule has 0 spiro atoms. The number of methoxy groups -OCH3 is 1. The van der Waals surface area contributed by atoms with E-state index in [1.54, 1.807) is 12.1 Å². The Morgan fingerprint density at radius 3 is 2.40 bits per heavy atom. The van der Waals surface area contributed by atoms with Crippen molar-refractivity contribution in [2.75, 3.05) is 19.0 Å². The van der Waals surface area contributed by atoms with Gasteiger partial charge in [0.1, 0.15) is 23.2 Å². The Labute approximate surface area is 168 Å². The molecule has 10 heteroatoms. The topological polar surface area (TPSA) is 89.8 Å². The van der Waals surface area contributed by atoms with Gasteiger partial charge in [-0.2, -0.15) is 0 Å². The Bertz CT molecular complexity index is 998. The number of hydrogen-bond donors (Lipinski definition) is 2. The molecule has 0 fully saturated rings. The zero-order chi connectivity index (χ0) is 21.7. The van der Waals surface area contributed by atoms with Crippen molar-refractivity contribution in [3.05, 3.63) is 60.4 Å². The van der Waals surface area contributed by atoms with E-state index in [2.05, 4.69) is 15.4 Å². The Balaban J connectivity index is 1.55. The molecule has 3 aromatic rings. The average molecular weight is 422 g/mol. The Morgan fingerprint density at radius 1 is 1.07 bits per heavy atom. The molecule has 2 N–H and O–H groups in total. The van der Waals surface area contributed by atoms with E-state index >= 15 is 0 Å². The number of furan rings is 1. The Morgan fingerprint density at radius 2 is 1.77 bits per heavy atom. The molecule has 2 aromatic carbocycles. The van der Waals surface area contributed by atoms with Crippen molar-refractivity contribution in [2.24, 2.45) is 0 Å². The van der Waals surface area contributed by atoms with Crippen LogP contribution in [-0.2, 0) is 14.3 Å². The first-order valence-electron chi connectivity index (χ1n) is 8.71. The quantitative estimate of drug-likeness (QED) is 0.591. The molecule has 0 bridgehead atoms. The highest BCUT2D eigenvalue weighted by Gasteiger charge is 2.31. The number of halogens is 3. The number of nitrogens with one attached hydrogen (secondary N) is 2. The number of carbonyl (C=O) groups is 2. The third-order valence-corrected chi connectivity index (χ3v) is 4.05. The predicted octanol–water partition coefficient (Wildman–Crippen LogP) is 3.77. The number of fused-ring (bicyclic) bond motifs is 1. The molecule has 0 unspecified atom stereocenters. The number of carbonyl (C=O) groups excluding carboxylic acids is 2. The third kappa shape index (κ3) is 5.51. The van der Waals surface area contributed by atoms with Gasteiger partial charge >= 0.3 is 18.2 Å². The number of anilines is 1. The summed E-state index contributed by atoms with van der Waals surface area (Å²) in [5.41, 5.74) is 0.793. The van der Waals surface area contributed by atoms with Gasteiger partial charge in [0.25, 0.3) is 0 Å². The predicted molar refractivity (Wildman–Crippen MR) is 101 cm³/mol. The molecule has 1 atom stereocenters. The lowest BCUT2D eigenvalue weighted by molar-refractivity contribution is -0.274. The highest BCUT2D eigenvalue weighted by molar-refractivity contribution is 6.39. The second-order valence-electron chi connectivity index (χ2n) is 6.15. The molecule has 0 radical (unpaired) electrons. The number of ether oxygens (including phenoxy) is 2. The Hall–Kier alpha value is -3.53. The first-order valence-corrected chi connectivity index (χ1v) is 8.71. The lowest BCUT2D eigenvalue weighted by Crippen LogP contribution is -2.37. The van der Waals surface area contributed by atoms with E-state index in [1.165, 1.54) is 19.2 Å². The van der Waals surface area contributed by atoms with E-state index in [4.69, 9.17) is 9.15 Å². The van der Waals surface area contributed by atoms with Gasteiger partial charge in [-0.3, -0.25) is 9.59 Å². The summed E-state index contributed by atoms with van der Waals surface area (Å²) >= 11 is 0. The van der Waals surface area contributed by atoms with Crippen molar-refractivity contribution in [1.82, 2.24) is 5.32 Å². The van der Waals surface area contributed by atoms with Crippen LogP contribution in [0.1, 0.15) is 11.9 Å². The van der Waals surface area contributed by atoms with E-state index in [0.717, 1.165) is 17.5 Å². The van der Waals surface area contributed by atoms with E-state index in [9.17, 15) is 22.8 Å². The smallest absolute Gasteiger partial charge is 0.458 e. The minimum atomic E-state index is -4.82.